The highest BCUT2D eigenvalue weighted by atomic mass is 16.6. The third-order valence-corrected chi connectivity index (χ3v) is 10.0. The van der Waals surface area contributed by atoms with Crippen molar-refractivity contribution in [3.63, 3.8) is 0 Å². The highest BCUT2D eigenvalue weighted by Crippen LogP contribution is 2.44. The average molecular weight is 760 g/mol. The van der Waals surface area contributed by atoms with Crippen molar-refractivity contribution < 1.29 is 38.5 Å². The van der Waals surface area contributed by atoms with E-state index in [0.29, 0.717) is 25.2 Å². The third kappa shape index (κ3) is 10.8. The third-order valence-electron chi connectivity index (χ3n) is 10.0. The number of benzene rings is 4. The van der Waals surface area contributed by atoms with Crippen molar-refractivity contribution in [2.45, 2.75) is 69.7 Å². The Bertz CT molecular complexity index is 1940. The van der Waals surface area contributed by atoms with Crippen LogP contribution in [0.2, 0.25) is 0 Å². The first-order valence-corrected chi connectivity index (χ1v) is 19.2. The first kappa shape index (κ1) is 39.7. The van der Waals surface area contributed by atoms with Gasteiger partial charge in [0.05, 0.1) is 18.6 Å². The van der Waals surface area contributed by atoms with Crippen molar-refractivity contribution >= 4 is 23.9 Å². The molecule has 0 spiro atoms. The summed E-state index contributed by atoms with van der Waals surface area (Å²) in [5.74, 6) is -1.54. The molecule has 0 saturated heterocycles. The number of carbonyl (C=O) groups is 4. The molecule has 11 nitrogen and oxygen atoms in total. The minimum atomic E-state index is -1.00. The lowest BCUT2D eigenvalue weighted by Gasteiger charge is -2.24. The number of allylic oxidation sites excluding steroid dienone is 2. The van der Waals surface area contributed by atoms with Gasteiger partial charge in [0.2, 0.25) is 11.8 Å². The predicted molar refractivity (Wildman–Crippen MR) is 212 cm³/mol. The summed E-state index contributed by atoms with van der Waals surface area (Å²) in [7, 11) is 0. The zero-order valence-electron chi connectivity index (χ0n) is 31.5. The summed E-state index contributed by atoms with van der Waals surface area (Å²) in [6, 6.07) is 31.3. The van der Waals surface area contributed by atoms with Gasteiger partial charge >= 0.3 is 12.1 Å². The van der Waals surface area contributed by atoms with Crippen LogP contribution in [0.15, 0.2) is 115 Å². The maximum absolute atomic E-state index is 13.7. The molecule has 4 aromatic carbocycles. The first-order valence-electron chi connectivity index (χ1n) is 19.2. The number of esters is 1. The quantitative estimate of drug-likeness (QED) is 0.102. The second kappa shape index (κ2) is 19.6. The van der Waals surface area contributed by atoms with Crippen LogP contribution < -0.4 is 20.7 Å². The standard InChI is InChI=1S/C45H49N3O8/c1-30(26-49)46-42(50)25-33-14-6-3-7-19-41(48-45(53)56-29-40-38-17-10-8-15-36(38)37-16-9-11-18-39(37)40)44(52)55-28-34(47-43(33)51)24-31-20-22-35(23-21-31)54-27-32-12-4-2-5-13-32/h2-6,8-13,15-18,20-23,30,33-34,40-41,49H,7,14,19,24-29H2,1H3,(H,46,50)(H,47,51)(H,48,53)/t30-,33-,34+,41+/m1/s1. The summed E-state index contributed by atoms with van der Waals surface area (Å²) < 4.78 is 17.5. The molecule has 1 aliphatic carbocycles. The van der Waals surface area contributed by atoms with E-state index in [1.165, 1.54) is 0 Å². The van der Waals surface area contributed by atoms with Crippen LogP contribution in [0.3, 0.4) is 0 Å². The second-order valence-corrected chi connectivity index (χ2v) is 14.3. The van der Waals surface area contributed by atoms with Gasteiger partial charge in [-0.05, 0) is 78.1 Å². The molecule has 56 heavy (non-hydrogen) atoms. The molecule has 4 aromatic rings. The van der Waals surface area contributed by atoms with E-state index in [4.69, 9.17) is 14.2 Å². The highest BCUT2D eigenvalue weighted by Gasteiger charge is 2.31. The number of aliphatic hydroxyl groups excluding tert-OH is 1. The van der Waals surface area contributed by atoms with E-state index in [2.05, 4.69) is 28.1 Å². The largest absolute Gasteiger partial charge is 0.489 e. The minimum absolute atomic E-state index is 0.0908. The number of hydrogen-bond donors (Lipinski definition) is 4. The van der Waals surface area contributed by atoms with Crippen molar-refractivity contribution in [2.24, 2.45) is 5.92 Å². The normalized spacial score (nSPS) is 19.1. The highest BCUT2D eigenvalue weighted by molar-refractivity contribution is 5.86. The van der Waals surface area contributed by atoms with Crippen LogP contribution in [0.4, 0.5) is 4.79 Å². The van der Waals surface area contributed by atoms with E-state index in [1.807, 2.05) is 103 Å². The molecule has 1 heterocycles. The van der Waals surface area contributed by atoms with Gasteiger partial charge in [-0.15, -0.1) is 0 Å². The minimum Gasteiger partial charge on any atom is -0.489 e. The average Bonchev–Trinajstić information content (AvgIpc) is 3.54. The maximum Gasteiger partial charge on any atom is 0.407 e. The Hall–Kier alpha value is -5.94. The summed E-state index contributed by atoms with van der Waals surface area (Å²) in [4.78, 5) is 53.3. The van der Waals surface area contributed by atoms with Crippen LogP contribution in [0.1, 0.15) is 60.8 Å². The fraction of sp³-hybridized carbons (Fsp3) is 0.333. The molecule has 2 aliphatic rings. The van der Waals surface area contributed by atoms with Gasteiger partial charge in [-0.2, -0.15) is 0 Å². The van der Waals surface area contributed by atoms with Gasteiger partial charge in [-0.25, -0.2) is 9.59 Å². The summed E-state index contributed by atoms with van der Waals surface area (Å²) in [5.41, 5.74) is 6.28. The van der Waals surface area contributed by atoms with E-state index in [0.717, 1.165) is 33.4 Å². The lowest BCUT2D eigenvalue weighted by molar-refractivity contribution is -0.147. The Labute approximate surface area is 327 Å². The second-order valence-electron chi connectivity index (χ2n) is 14.3. The van der Waals surface area contributed by atoms with E-state index in [9.17, 15) is 24.3 Å². The fourth-order valence-electron chi connectivity index (χ4n) is 7.06. The maximum atomic E-state index is 13.7. The fourth-order valence-corrected chi connectivity index (χ4v) is 7.06. The number of cyclic esters (lactones) is 1. The Morgan fingerprint density at radius 1 is 0.875 bits per heavy atom. The van der Waals surface area contributed by atoms with Crippen LogP contribution in [0, 0.1) is 5.92 Å². The van der Waals surface area contributed by atoms with Gasteiger partial charge in [-0.1, -0.05) is 103 Å². The molecule has 292 valence electrons. The summed E-state index contributed by atoms with van der Waals surface area (Å²) >= 11 is 0. The van der Waals surface area contributed by atoms with Crippen molar-refractivity contribution in [3.8, 4) is 16.9 Å². The topological polar surface area (TPSA) is 152 Å². The Morgan fingerprint density at radius 2 is 1.55 bits per heavy atom. The molecule has 1 aliphatic heterocycles. The Balaban J connectivity index is 1.13. The molecule has 0 unspecified atom stereocenters. The van der Waals surface area contributed by atoms with E-state index in [1.54, 1.807) is 6.92 Å². The van der Waals surface area contributed by atoms with Gasteiger partial charge in [0.15, 0.2) is 0 Å². The number of carbonyl (C=O) groups excluding carboxylic acids is 4. The molecular weight excluding hydrogens is 711 g/mol. The predicted octanol–water partition coefficient (Wildman–Crippen LogP) is 5.99. The lowest BCUT2D eigenvalue weighted by Crippen LogP contribution is -2.47. The molecule has 0 fully saturated rings. The monoisotopic (exact) mass is 759 g/mol. The molecule has 3 amide bonds. The number of amides is 3. The van der Waals surface area contributed by atoms with Gasteiger partial charge < -0.3 is 35.3 Å². The Kier molecular flexibility index (Phi) is 13.9. The van der Waals surface area contributed by atoms with E-state index in [-0.39, 0.29) is 56.8 Å². The van der Waals surface area contributed by atoms with Crippen molar-refractivity contribution in [1.82, 2.24) is 16.0 Å². The van der Waals surface area contributed by atoms with Crippen LogP contribution in [-0.2, 0) is 36.9 Å². The number of nitrogens with one attached hydrogen (secondary N) is 3. The van der Waals surface area contributed by atoms with E-state index < -0.39 is 36.1 Å². The SMILES string of the molecule is C[C@H](CO)NC(=O)C[C@H]1CC=CCC[C@H](NC(=O)OCC2c3ccccc3-c3ccccc32)C(=O)OC[C@H](Cc2ccc(OCc3ccccc3)cc2)NC1=O. The van der Waals surface area contributed by atoms with Gasteiger partial charge in [0, 0.05) is 18.4 Å². The Morgan fingerprint density at radius 3 is 2.25 bits per heavy atom. The van der Waals surface area contributed by atoms with Crippen molar-refractivity contribution in [2.75, 3.05) is 19.8 Å². The molecule has 0 saturated carbocycles. The number of alkyl carbamates (subject to hydrolysis) is 1. The number of ether oxygens (including phenoxy) is 3. The van der Waals surface area contributed by atoms with Gasteiger partial charge in [0.1, 0.15) is 31.6 Å². The number of rotatable bonds is 12. The molecule has 0 radical (unpaired) electrons. The van der Waals surface area contributed by atoms with Gasteiger partial charge in [-0.3, -0.25) is 9.59 Å². The molecule has 0 bridgehead atoms. The van der Waals surface area contributed by atoms with Crippen LogP contribution in [-0.4, -0.2) is 66.9 Å². The summed E-state index contributed by atoms with van der Waals surface area (Å²) in [6.45, 7) is 1.79. The molecule has 4 atom stereocenters. The lowest BCUT2D eigenvalue weighted by atomic mass is 9.97. The molecule has 11 heteroatoms. The van der Waals surface area contributed by atoms with E-state index >= 15 is 0 Å². The zero-order chi connectivity index (χ0) is 39.3. The smallest absolute Gasteiger partial charge is 0.407 e. The summed E-state index contributed by atoms with van der Waals surface area (Å²) in [6.07, 6.45) is 4.03. The number of aliphatic hydroxyl groups is 1. The number of hydrogen-bond acceptors (Lipinski definition) is 8. The summed E-state index contributed by atoms with van der Waals surface area (Å²) in [5, 5.41) is 17.9. The zero-order valence-corrected chi connectivity index (χ0v) is 31.5. The first-order chi connectivity index (χ1) is 27.3. The van der Waals surface area contributed by atoms with Crippen LogP contribution in [0.5, 0.6) is 5.75 Å². The number of fused-ring (bicyclic) bond motifs is 3. The van der Waals surface area contributed by atoms with Crippen LogP contribution >= 0.6 is 0 Å². The van der Waals surface area contributed by atoms with Crippen molar-refractivity contribution in [3.05, 3.63) is 138 Å². The molecular formula is C45H49N3O8. The van der Waals surface area contributed by atoms with Crippen molar-refractivity contribution in [1.29, 1.82) is 0 Å². The van der Waals surface area contributed by atoms with Crippen LogP contribution in [0.25, 0.3) is 11.1 Å². The molecule has 6 rings (SSSR count). The molecule has 4 N–H and O–H groups in total. The molecule has 0 aromatic heterocycles. The van der Waals surface area contributed by atoms with Gasteiger partial charge in [0.25, 0.3) is 0 Å².